The summed E-state index contributed by atoms with van der Waals surface area (Å²) in [6, 6.07) is 31.2. The van der Waals surface area contributed by atoms with Crippen LogP contribution in [0.3, 0.4) is 0 Å². The highest BCUT2D eigenvalue weighted by Crippen LogP contribution is 2.29. The first-order chi connectivity index (χ1) is 18.9. The molecular formula is C32H25ClN4O2. The molecule has 192 valence electrons. The number of hydrogen-bond acceptors (Lipinski definition) is 4. The molecule has 2 heterocycles. The van der Waals surface area contributed by atoms with Gasteiger partial charge in [-0.05, 0) is 66.7 Å². The lowest BCUT2D eigenvalue weighted by molar-refractivity contribution is 0.0986. The van der Waals surface area contributed by atoms with E-state index in [4.69, 9.17) is 11.6 Å². The van der Waals surface area contributed by atoms with Crippen molar-refractivity contribution >= 4 is 34.8 Å². The van der Waals surface area contributed by atoms with E-state index < -0.39 is 0 Å². The van der Waals surface area contributed by atoms with Crippen LogP contribution in [0, 0.1) is 0 Å². The number of nitrogens with zero attached hydrogens (tertiary/aromatic N) is 4. The molecule has 0 aliphatic carbocycles. The summed E-state index contributed by atoms with van der Waals surface area (Å²) in [5.41, 5.74) is 5.71. The molecule has 5 rings (SSSR count). The topological polar surface area (TPSA) is 66.4 Å². The third-order valence-corrected chi connectivity index (χ3v) is 6.65. The second-order valence-electron chi connectivity index (χ2n) is 8.98. The standard InChI is InChI=1S/C32H25ClN4O2/c1-36(31(38)24-13-9-22(10-14-24)29-7-3-5-17-34-29)27-19-26(33)20-28(21-27)37(2)32(39)25-15-11-23(12-16-25)30-8-4-6-18-35-30/h3-21H,1-2H3. The number of halogens is 1. The average molecular weight is 533 g/mol. The summed E-state index contributed by atoms with van der Waals surface area (Å²) in [7, 11) is 3.37. The monoisotopic (exact) mass is 532 g/mol. The van der Waals surface area contributed by atoms with E-state index in [2.05, 4.69) is 9.97 Å². The van der Waals surface area contributed by atoms with Crippen LogP contribution in [0.2, 0.25) is 5.02 Å². The maximum atomic E-state index is 13.3. The van der Waals surface area contributed by atoms with Gasteiger partial charge in [0, 0.05) is 65.1 Å². The van der Waals surface area contributed by atoms with Gasteiger partial charge >= 0.3 is 0 Å². The Balaban J connectivity index is 1.34. The summed E-state index contributed by atoms with van der Waals surface area (Å²) < 4.78 is 0. The van der Waals surface area contributed by atoms with E-state index in [9.17, 15) is 9.59 Å². The minimum atomic E-state index is -0.199. The zero-order valence-electron chi connectivity index (χ0n) is 21.5. The van der Waals surface area contributed by atoms with Crippen LogP contribution in [0.1, 0.15) is 20.7 Å². The van der Waals surface area contributed by atoms with Gasteiger partial charge in [0.1, 0.15) is 0 Å². The molecule has 0 saturated heterocycles. The van der Waals surface area contributed by atoms with E-state index in [0.717, 1.165) is 22.5 Å². The number of pyridine rings is 2. The van der Waals surface area contributed by atoms with Crippen LogP contribution >= 0.6 is 11.6 Å². The fourth-order valence-corrected chi connectivity index (χ4v) is 4.43. The fourth-order valence-electron chi connectivity index (χ4n) is 4.20. The molecule has 2 aromatic heterocycles. The second kappa shape index (κ2) is 11.3. The molecular weight excluding hydrogens is 508 g/mol. The van der Waals surface area contributed by atoms with Crippen LogP contribution < -0.4 is 9.80 Å². The summed E-state index contributed by atoms with van der Waals surface area (Å²) >= 11 is 6.43. The van der Waals surface area contributed by atoms with Crippen molar-refractivity contribution in [1.82, 2.24) is 9.97 Å². The zero-order chi connectivity index (χ0) is 27.4. The van der Waals surface area contributed by atoms with Gasteiger partial charge in [-0.1, -0.05) is 48.0 Å². The van der Waals surface area contributed by atoms with Crippen molar-refractivity contribution in [3.63, 3.8) is 0 Å². The lowest BCUT2D eigenvalue weighted by Gasteiger charge is -2.22. The molecule has 0 unspecified atom stereocenters. The Hall–Kier alpha value is -4.81. The molecule has 6 nitrogen and oxygen atoms in total. The predicted octanol–water partition coefficient (Wildman–Crippen LogP) is 7.02. The highest BCUT2D eigenvalue weighted by atomic mass is 35.5. The van der Waals surface area contributed by atoms with Crippen LogP contribution in [0.5, 0.6) is 0 Å². The van der Waals surface area contributed by atoms with Crippen molar-refractivity contribution in [3.8, 4) is 22.5 Å². The van der Waals surface area contributed by atoms with E-state index in [0.29, 0.717) is 27.5 Å². The molecule has 39 heavy (non-hydrogen) atoms. The molecule has 3 aromatic carbocycles. The van der Waals surface area contributed by atoms with E-state index in [1.165, 1.54) is 9.80 Å². The molecule has 2 amide bonds. The van der Waals surface area contributed by atoms with Gasteiger partial charge in [-0.2, -0.15) is 0 Å². The van der Waals surface area contributed by atoms with Gasteiger partial charge in [-0.25, -0.2) is 0 Å². The van der Waals surface area contributed by atoms with Crippen molar-refractivity contribution in [2.45, 2.75) is 0 Å². The largest absolute Gasteiger partial charge is 0.311 e. The molecule has 0 aliphatic rings. The minimum absolute atomic E-state index is 0.199. The third kappa shape index (κ3) is 5.71. The second-order valence-corrected chi connectivity index (χ2v) is 9.42. The third-order valence-electron chi connectivity index (χ3n) is 6.44. The maximum Gasteiger partial charge on any atom is 0.258 e. The molecule has 0 aliphatic heterocycles. The van der Waals surface area contributed by atoms with Crippen molar-refractivity contribution < 1.29 is 9.59 Å². The highest BCUT2D eigenvalue weighted by molar-refractivity contribution is 6.31. The number of aromatic nitrogens is 2. The van der Waals surface area contributed by atoms with Gasteiger partial charge in [0.25, 0.3) is 11.8 Å². The van der Waals surface area contributed by atoms with Gasteiger partial charge in [-0.3, -0.25) is 19.6 Å². The first kappa shape index (κ1) is 25.8. The molecule has 5 aromatic rings. The number of amides is 2. The van der Waals surface area contributed by atoms with Gasteiger partial charge in [0.15, 0.2) is 0 Å². The van der Waals surface area contributed by atoms with Crippen molar-refractivity contribution in [3.05, 3.63) is 132 Å². The molecule has 0 spiro atoms. The van der Waals surface area contributed by atoms with E-state index in [1.54, 1.807) is 69.0 Å². The van der Waals surface area contributed by atoms with Crippen molar-refractivity contribution in [2.24, 2.45) is 0 Å². The lowest BCUT2D eigenvalue weighted by Crippen LogP contribution is -2.28. The Morgan fingerprint density at radius 2 is 1.00 bits per heavy atom. The van der Waals surface area contributed by atoms with E-state index in [1.807, 2.05) is 60.7 Å². The average Bonchev–Trinajstić information content (AvgIpc) is 3.00. The van der Waals surface area contributed by atoms with Crippen molar-refractivity contribution in [2.75, 3.05) is 23.9 Å². The Bertz CT molecular complexity index is 1490. The molecule has 0 N–H and O–H groups in total. The molecule has 0 atom stereocenters. The molecule has 0 saturated carbocycles. The Morgan fingerprint density at radius 3 is 1.36 bits per heavy atom. The Kier molecular flexibility index (Phi) is 7.48. The van der Waals surface area contributed by atoms with Crippen LogP contribution in [0.15, 0.2) is 116 Å². The normalized spacial score (nSPS) is 10.6. The molecule has 0 radical (unpaired) electrons. The minimum Gasteiger partial charge on any atom is -0.311 e. The number of rotatable bonds is 6. The van der Waals surface area contributed by atoms with E-state index in [-0.39, 0.29) is 11.8 Å². The van der Waals surface area contributed by atoms with Crippen LogP contribution in [-0.4, -0.2) is 35.9 Å². The van der Waals surface area contributed by atoms with Crippen LogP contribution in [-0.2, 0) is 0 Å². The quantitative estimate of drug-likeness (QED) is 0.236. The molecule has 0 fully saturated rings. The number of benzene rings is 3. The number of carbonyl (C=O) groups is 2. The predicted molar refractivity (Wildman–Crippen MR) is 156 cm³/mol. The summed E-state index contributed by atoms with van der Waals surface area (Å²) in [5.74, 6) is -0.398. The van der Waals surface area contributed by atoms with Crippen molar-refractivity contribution in [1.29, 1.82) is 0 Å². The van der Waals surface area contributed by atoms with Crippen LogP contribution in [0.4, 0.5) is 11.4 Å². The van der Waals surface area contributed by atoms with Gasteiger partial charge < -0.3 is 9.80 Å². The first-order valence-electron chi connectivity index (χ1n) is 12.3. The highest BCUT2D eigenvalue weighted by Gasteiger charge is 2.19. The number of carbonyl (C=O) groups excluding carboxylic acids is 2. The van der Waals surface area contributed by atoms with Crippen LogP contribution in [0.25, 0.3) is 22.5 Å². The SMILES string of the molecule is CN(C(=O)c1ccc(-c2ccccn2)cc1)c1cc(Cl)cc(N(C)C(=O)c2ccc(-c3ccccn3)cc2)c1. The molecule has 7 heteroatoms. The van der Waals surface area contributed by atoms with E-state index >= 15 is 0 Å². The van der Waals surface area contributed by atoms with Gasteiger partial charge in [0.2, 0.25) is 0 Å². The molecule has 0 bridgehead atoms. The first-order valence-corrected chi connectivity index (χ1v) is 12.7. The fraction of sp³-hybridized carbons (Fsp3) is 0.0625. The Morgan fingerprint density at radius 1 is 0.590 bits per heavy atom. The summed E-state index contributed by atoms with van der Waals surface area (Å²) in [5, 5.41) is 0.415. The van der Waals surface area contributed by atoms with Gasteiger partial charge in [0.05, 0.1) is 11.4 Å². The summed E-state index contributed by atoms with van der Waals surface area (Å²) in [4.78, 5) is 38.3. The number of hydrogen-bond donors (Lipinski definition) is 0. The lowest BCUT2D eigenvalue weighted by atomic mass is 10.1. The Labute approximate surface area is 232 Å². The smallest absolute Gasteiger partial charge is 0.258 e. The summed E-state index contributed by atoms with van der Waals surface area (Å²) in [6.45, 7) is 0. The maximum absolute atomic E-state index is 13.3. The van der Waals surface area contributed by atoms with Gasteiger partial charge in [-0.15, -0.1) is 0 Å². The summed E-state index contributed by atoms with van der Waals surface area (Å²) in [6.07, 6.45) is 3.47. The number of anilines is 2. The zero-order valence-corrected chi connectivity index (χ0v) is 22.2.